The minimum absolute atomic E-state index is 0.0736. The molecule has 11 heteroatoms. The monoisotopic (exact) mass is 501 g/mol. The van der Waals surface area contributed by atoms with E-state index in [1.807, 2.05) is 7.05 Å². The number of pyridine rings is 2. The number of amides is 2. The molecule has 3 N–H and O–H groups in total. The molecule has 0 aromatic carbocycles. The number of carbonyl (C=O) groups excluding carboxylic acids is 2. The fourth-order valence-electron chi connectivity index (χ4n) is 4.04. The van der Waals surface area contributed by atoms with E-state index in [0.29, 0.717) is 47.1 Å². The summed E-state index contributed by atoms with van der Waals surface area (Å²) in [5, 5.41) is 9.29. The second kappa shape index (κ2) is 11.5. The molecule has 0 aliphatic heterocycles. The molecule has 35 heavy (non-hydrogen) atoms. The highest BCUT2D eigenvalue weighted by Gasteiger charge is 2.29. The summed E-state index contributed by atoms with van der Waals surface area (Å²) < 4.78 is 16.4. The SMILES string of the molecule is CNC1CCC(C(=O)Nc2c(C(=O)Nc3ccc(Cl)cn3)oc3ccc(OCCOC)nc23)CC1. The van der Waals surface area contributed by atoms with Crippen molar-refractivity contribution in [3.8, 4) is 5.88 Å². The third kappa shape index (κ3) is 6.08. The van der Waals surface area contributed by atoms with Gasteiger partial charge in [-0.05, 0) is 50.9 Å². The maximum atomic E-state index is 13.2. The van der Waals surface area contributed by atoms with Crippen LogP contribution in [0.1, 0.15) is 36.2 Å². The third-order valence-corrected chi connectivity index (χ3v) is 6.20. The number of aromatic nitrogens is 2. The number of methoxy groups -OCH3 is 1. The Hall–Kier alpha value is -3.21. The maximum absolute atomic E-state index is 13.2. The van der Waals surface area contributed by atoms with Gasteiger partial charge in [-0.1, -0.05) is 11.6 Å². The lowest BCUT2D eigenvalue weighted by Gasteiger charge is -2.27. The van der Waals surface area contributed by atoms with Crippen LogP contribution < -0.4 is 20.7 Å². The lowest BCUT2D eigenvalue weighted by Crippen LogP contribution is -2.34. The lowest BCUT2D eigenvalue weighted by molar-refractivity contribution is -0.120. The Labute approximate surface area is 207 Å². The predicted octanol–water partition coefficient (Wildman–Crippen LogP) is 3.87. The van der Waals surface area contributed by atoms with Crippen LogP contribution in [-0.4, -0.2) is 55.2 Å². The average Bonchev–Trinajstić information content (AvgIpc) is 3.23. The zero-order chi connectivity index (χ0) is 24.8. The maximum Gasteiger partial charge on any atom is 0.294 e. The van der Waals surface area contributed by atoms with Gasteiger partial charge in [0.25, 0.3) is 5.91 Å². The topological polar surface area (TPSA) is 128 Å². The van der Waals surface area contributed by atoms with Crippen molar-refractivity contribution in [3.63, 3.8) is 0 Å². The molecule has 0 unspecified atom stereocenters. The van der Waals surface area contributed by atoms with E-state index in [1.54, 1.807) is 31.4 Å². The van der Waals surface area contributed by atoms with Crippen LogP contribution in [0.4, 0.5) is 11.5 Å². The largest absolute Gasteiger partial charge is 0.475 e. The number of anilines is 2. The molecule has 1 aliphatic carbocycles. The van der Waals surface area contributed by atoms with Crippen LogP contribution in [0.15, 0.2) is 34.9 Å². The molecule has 0 saturated heterocycles. The van der Waals surface area contributed by atoms with Crippen molar-refractivity contribution in [2.45, 2.75) is 31.7 Å². The summed E-state index contributed by atoms with van der Waals surface area (Å²) in [5.74, 6) is -0.372. The molecule has 1 fully saturated rings. The van der Waals surface area contributed by atoms with Crippen LogP contribution >= 0.6 is 11.6 Å². The number of hydrogen-bond donors (Lipinski definition) is 3. The molecule has 0 bridgehead atoms. The molecule has 10 nitrogen and oxygen atoms in total. The summed E-state index contributed by atoms with van der Waals surface area (Å²) in [6, 6.07) is 6.87. The molecule has 0 radical (unpaired) electrons. The number of furan rings is 1. The predicted molar refractivity (Wildman–Crippen MR) is 132 cm³/mol. The number of ether oxygens (including phenoxy) is 2. The molecule has 3 heterocycles. The molecule has 186 valence electrons. The van der Waals surface area contributed by atoms with Gasteiger partial charge in [-0.15, -0.1) is 0 Å². The first kappa shape index (κ1) is 24.9. The van der Waals surface area contributed by atoms with Gasteiger partial charge in [-0.3, -0.25) is 9.59 Å². The van der Waals surface area contributed by atoms with Gasteiger partial charge in [-0.2, -0.15) is 0 Å². The molecule has 3 aromatic rings. The zero-order valence-corrected chi connectivity index (χ0v) is 20.4. The van der Waals surface area contributed by atoms with Gasteiger partial charge in [0.2, 0.25) is 17.5 Å². The number of carbonyl (C=O) groups is 2. The van der Waals surface area contributed by atoms with E-state index < -0.39 is 5.91 Å². The average molecular weight is 502 g/mol. The standard InChI is InChI=1S/C24H28ClN5O5/c1-26-16-6-3-14(4-7-16)23(31)30-21-20-17(8-10-19(29-20)34-12-11-33-2)35-22(21)24(32)28-18-9-5-15(25)13-27-18/h5,8-10,13-14,16,26H,3-4,6-7,11-12H2,1-2H3,(H,30,31)(H,27,28,32). The van der Waals surface area contributed by atoms with Crippen molar-refractivity contribution in [3.05, 3.63) is 41.2 Å². The van der Waals surface area contributed by atoms with Crippen molar-refractivity contribution >= 4 is 46.0 Å². The van der Waals surface area contributed by atoms with Crippen LogP contribution in [0.25, 0.3) is 11.1 Å². The van der Waals surface area contributed by atoms with Crippen molar-refractivity contribution in [2.75, 3.05) is 38.0 Å². The van der Waals surface area contributed by atoms with Crippen LogP contribution in [-0.2, 0) is 9.53 Å². The highest BCUT2D eigenvalue weighted by atomic mass is 35.5. The third-order valence-electron chi connectivity index (χ3n) is 5.98. The fourth-order valence-corrected chi connectivity index (χ4v) is 4.15. The fraction of sp³-hybridized carbons (Fsp3) is 0.417. The molecular weight excluding hydrogens is 474 g/mol. The summed E-state index contributed by atoms with van der Waals surface area (Å²) in [7, 11) is 3.51. The Bertz CT molecular complexity index is 1180. The molecule has 3 aromatic heterocycles. The second-order valence-corrected chi connectivity index (χ2v) is 8.72. The normalized spacial score (nSPS) is 17.8. The summed E-state index contributed by atoms with van der Waals surface area (Å²) in [4.78, 5) is 34.8. The quantitative estimate of drug-likeness (QED) is 0.377. The van der Waals surface area contributed by atoms with E-state index in [2.05, 4.69) is 25.9 Å². The van der Waals surface area contributed by atoms with Crippen LogP contribution in [0.3, 0.4) is 0 Å². The van der Waals surface area contributed by atoms with Crippen LogP contribution in [0, 0.1) is 5.92 Å². The van der Waals surface area contributed by atoms with Crippen molar-refractivity contribution in [1.29, 1.82) is 0 Å². The van der Waals surface area contributed by atoms with Crippen molar-refractivity contribution in [1.82, 2.24) is 15.3 Å². The van der Waals surface area contributed by atoms with Gasteiger partial charge in [0.15, 0.2) is 5.58 Å². The Kier molecular flexibility index (Phi) is 8.17. The van der Waals surface area contributed by atoms with E-state index >= 15 is 0 Å². The number of rotatable bonds is 9. The molecule has 0 spiro atoms. The highest BCUT2D eigenvalue weighted by Crippen LogP contribution is 2.33. The zero-order valence-electron chi connectivity index (χ0n) is 19.6. The van der Waals surface area contributed by atoms with Crippen LogP contribution in [0.2, 0.25) is 5.02 Å². The Balaban J connectivity index is 1.62. The van der Waals surface area contributed by atoms with E-state index in [9.17, 15) is 9.59 Å². The minimum atomic E-state index is -0.575. The first-order valence-electron chi connectivity index (χ1n) is 11.4. The summed E-state index contributed by atoms with van der Waals surface area (Å²) >= 11 is 5.88. The first-order chi connectivity index (χ1) is 17.0. The number of fused-ring (bicyclic) bond motifs is 1. The first-order valence-corrected chi connectivity index (χ1v) is 11.8. The van der Waals surface area contributed by atoms with Gasteiger partial charge >= 0.3 is 0 Å². The minimum Gasteiger partial charge on any atom is -0.475 e. The summed E-state index contributed by atoms with van der Waals surface area (Å²) in [5.41, 5.74) is 0.864. The molecule has 1 aliphatic rings. The number of nitrogens with one attached hydrogen (secondary N) is 3. The van der Waals surface area contributed by atoms with E-state index in [0.717, 1.165) is 25.7 Å². The smallest absolute Gasteiger partial charge is 0.294 e. The number of halogens is 1. The van der Waals surface area contributed by atoms with Gasteiger partial charge in [-0.25, -0.2) is 9.97 Å². The highest BCUT2D eigenvalue weighted by molar-refractivity contribution is 6.30. The van der Waals surface area contributed by atoms with E-state index in [4.69, 9.17) is 25.5 Å². The Morgan fingerprint density at radius 2 is 1.91 bits per heavy atom. The Morgan fingerprint density at radius 1 is 1.11 bits per heavy atom. The van der Waals surface area contributed by atoms with Crippen LogP contribution in [0.5, 0.6) is 5.88 Å². The van der Waals surface area contributed by atoms with Gasteiger partial charge in [0.1, 0.15) is 23.6 Å². The Morgan fingerprint density at radius 3 is 2.60 bits per heavy atom. The summed E-state index contributed by atoms with van der Waals surface area (Å²) in [6.07, 6.45) is 4.74. The molecular formula is C24H28ClN5O5. The lowest BCUT2D eigenvalue weighted by atomic mass is 9.85. The van der Waals surface area contributed by atoms with Crippen molar-refractivity contribution < 1.29 is 23.5 Å². The number of nitrogens with zero attached hydrogens (tertiary/aromatic N) is 2. The van der Waals surface area contributed by atoms with E-state index in [1.165, 1.54) is 6.20 Å². The van der Waals surface area contributed by atoms with Gasteiger partial charge < -0.3 is 29.8 Å². The molecule has 2 amide bonds. The summed E-state index contributed by atoms with van der Waals surface area (Å²) in [6.45, 7) is 0.699. The van der Waals surface area contributed by atoms with Gasteiger partial charge in [0.05, 0.1) is 11.6 Å². The second-order valence-electron chi connectivity index (χ2n) is 8.29. The van der Waals surface area contributed by atoms with Crippen molar-refractivity contribution in [2.24, 2.45) is 5.92 Å². The molecule has 0 atom stereocenters. The van der Waals surface area contributed by atoms with E-state index in [-0.39, 0.29) is 23.3 Å². The molecule has 4 rings (SSSR count). The number of hydrogen-bond acceptors (Lipinski definition) is 8. The molecule has 1 saturated carbocycles. The van der Waals surface area contributed by atoms with Gasteiger partial charge in [0, 0.05) is 31.3 Å².